The van der Waals surface area contributed by atoms with Gasteiger partial charge >= 0.3 is 0 Å². The van der Waals surface area contributed by atoms with Crippen molar-refractivity contribution >= 4 is 28.9 Å². The average Bonchev–Trinajstić information content (AvgIpc) is 3.27. The molecule has 34 heavy (non-hydrogen) atoms. The van der Waals surface area contributed by atoms with Crippen LogP contribution in [0.2, 0.25) is 0 Å². The van der Waals surface area contributed by atoms with Crippen LogP contribution in [-0.2, 0) is 11.3 Å². The number of halogens is 1. The van der Waals surface area contributed by atoms with Gasteiger partial charge in [-0.2, -0.15) is 0 Å². The summed E-state index contributed by atoms with van der Waals surface area (Å²) in [5.74, 6) is 0.487. The zero-order valence-electron chi connectivity index (χ0n) is 19.5. The minimum absolute atomic E-state index is 0.290. The zero-order chi connectivity index (χ0) is 23.9. The number of hydrogen-bond donors (Lipinski definition) is 1. The third kappa shape index (κ3) is 5.91. The monoisotopic (exact) mass is 483 g/mol. The first-order valence-electron chi connectivity index (χ1n) is 11.3. The smallest absolute Gasteiger partial charge is 0.232 e. The van der Waals surface area contributed by atoms with Crippen molar-refractivity contribution in [2.45, 2.75) is 6.54 Å². The molecule has 1 aliphatic heterocycles. The van der Waals surface area contributed by atoms with E-state index in [9.17, 15) is 4.39 Å². The van der Waals surface area contributed by atoms with Gasteiger partial charge in [-0.05, 0) is 43.5 Å². The van der Waals surface area contributed by atoms with E-state index in [0.29, 0.717) is 24.8 Å². The topological polar surface area (TPSA) is 57.0 Å². The molecule has 4 rings (SSSR count). The molecular formula is C25H30FN5O2S. The Labute approximate surface area is 205 Å². The standard InChI is InChI=1S/C25H30FN5O2S/c1-29-12-14-30(15-13-29)24-22(23(28-33-24)19-6-4-3-5-7-19)18-31(16-17-32-2)25(34)27-21-10-8-20(26)9-11-21/h3-11H,12-18H2,1-2H3,(H,27,34). The Morgan fingerprint density at radius 2 is 1.82 bits per heavy atom. The van der Waals surface area contributed by atoms with Crippen molar-refractivity contribution in [3.63, 3.8) is 0 Å². The van der Waals surface area contributed by atoms with Crippen LogP contribution in [0.4, 0.5) is 16.0 Å². The highest BCUT2D eigenvalue weighted by Gasteiger charge is 2.27. The number of nitrogens with one attached hydrogen (secondary N) is 1. The Hall–Kier alpha value is -3.01. The van der Waals surface area contributed by atoms with Gasteiger partial charge in [-0.3, -0.25) is 0 Å². The minimum Gasteiger partial charge on any atom is -0.383 e. The molecule has 1 saturated heterocycles. The van der Waals surface area contributed by atoms with Gasteiger partial charge in [-0.15, -0.1) is 0 Å². The van der Waals surface area contributed by atoms with Gasteiger partial charge in [0, 0.05) is 51.1 Å². The number of anilines is 2. The van der Waals surface area contributed by atoms with Gasteiger partial charge in [0.25, 0.3) is 0 Å². The summed E-state index contributed by atoms with van der Waals surface area (Å²) in [4.78, 5) is 6.58. The Morgan fingerprint density at radius 1 is 1.12 bits per heavy atom. The predicted octanol–water partition coefficient (Wildman–Crippen LogP) is 4.08. The number of likely N-dealkylation sites (N-methyl/N-ethyl adjacent to an activating group) is 1. The number of hydrogen-bond acceptors (Lipinski definition) is 6. The highest BCUT2D eigenvalue weighted by Crippen LogP contribution is 2.33. The van der Waals surface area contributed by atoms with Gasteiger partial charge in [-0.25, -0.2) is 4.39 Å². The highest BCUT2D eigenvalue weighted by molar-refractivity contribution is 7.80. The van der Waals surface area contributed by atoms with E-state index in [2.05, 4.69) is 27.3 Å². The van der Waals surface area contributed by atoms with Gasteiger partial charge in [0.05, 0.1) is 18.7 Å². The van der Waals surface area contributed by atoms with Crippen LogP contribution in [0.3, 0.4) is 0 Å². The molecular weight excluding hydrogens is 453 g/mol. The third-order valence-electron chi connectivity index (χ3n) is 5.90. The lowest BCUT2D eigenvalue weighted by Crippen LogP contribution is -2.45. The number of ether oxygens (including phenoxy) is 1. The van der Waals surface area contributed by atoms with Crippen LogP contribution in [0.25, 0.3) is 11.3 Å². The Balaban J connectivity index is 1.63. The number of benzene rings is 2. The fourth-order valence-corrected chi connectivity index (χ4v) is 4.18. The number of methoxy groups -OCH3 is 1. The molecule has 1 aliphatic rings. The van der Waals surface area contributed by atoms with Crippen LogP contribution >= 0.6 is 12.2 Å². The summed E-state index contributed by atoms with van der Waals surface area (Å²) in [6.07, 6.45) is 0. The van der Waals surface area contributed by atoms with Crippen molar-refractivity contribution < 1.29 is 13.7 Å². The summed E-state index contributed by atoms with van der Waals surface area (Å²) < 4.78 is 24.6. The van der Waals surface area contributed by atoms with Crippen molar-refractivity contribution in [2.24, 2.45) is 0 Å². The van der Waals surface area contributed by atoms with Crippen molar-refractivity contribution in [1.29, 1.82) is 0 Å². The summed E-state index contributed by atoms with van der Waals surface area (Å²) in [7, 11) is 3.79. The van der Waals surface area contributed by atoms with E-state index in [0.717, 1.165) is 54.6 Å². The lowest BCUT2D eigenvalue weighted by molar-refractivity contribution is 0.175. The predicted molar refractivity (Wildman–Crippen MR) is 137 cm³/mol. The lowest BCUT2D eigenvalue weighted by Gasteiger charge is -2.33. The summed E-state index contributed by atoms with van der Waals surface area (Å²) >= 11 is 5.75. The van der Waals surface area contributed by atoms with E-state index >= 15 is 0 Å². The molecule has 1 aromatic heterocycles. The molecule has 0 bridgehead atoms. The van der Waals surface area contributed by atoms with Crippen molar-refractivity contribution in [3.05, 3.63) is 66.0 Å². The van der Waals surface area contributed by atoms with Gasteiger partial charge in [0.1, 0.15) is 11.5 Å². The molecule has 9 heteroatoms. The zero-order valence-corrected chi connectivity index (χ0v) is 20.4. The molecule has 0 radical (unpaired) electrons. The van der Waals surface area contributed by atoms with Crippen LogP contribution in [0.5, 0.6) is 0 Å². The van der Waals surface area contributed by atoms with Crippen molar-refractivity contribution in [1.82, 2.24) is 15.0 Å². The highest BCUT2D eigenvalue weighted by atomic mass is 32.1. The molecule has 180 valence electrons. The van der Waals surface area contributed by atoms with Crippen LogP contribution in [0, 0.1) is 5.82 Å². The van der Waals surface area contributed by atoms with Crippen molar-refractivity contribution in [3.8, 4) is 11.3 Å². The fraction of sp³-hybridized carbons (Fsp3) is 0.360. The molecule has 2 aromatic carbocycles. The maximum absolute atomic E-state index is 13.3. The molecule has 1 fully saturated rings. The SMILES string of the molecule is COCCN(Cc1c(-c2ccccc2)noc1N1CCN(C)CC1)C(=S)Nc1ccc(F)cc1. The molecule has 2 heterocycles. The van der Waals surface area contributed by atoms with Crippen LogP contribution in [-0.4, -0.2) is 73.6 Å². The second-order valence-corrected chi connectivity index (χ2v) is 8.71. The molecule has 3 aromatic rings. The fourth-order valence-electron chi connectivity index (χ4n) is 3.90. The summed E-state index contributed by atoms with van der Waals surface area (Å²) in [6.45, 7) is 5.21. The number of nitrogens with zero attached hydrogens (tertiary/aromatic N) is 4. The lowest BCUT2D eigenvalue weighted by atomic mass is 10.1. The molecule has 0 atom stereocenters. The molecule has 7 nitrogen and oxygen atoms in total. The van der Waals surface area contributed by atoms with Gasteiger partial charge < -0.3 is 29.3 Å². The van der Waals surface area contributed by atoms with Crippen LogP contribution in [0.15, 0.2) is 59.1 Å². The van der Waals surface area contributed by atoms with E-state index < -0.39 is 0 Å². The first kappa shape index (κ1) is 24.1. The molecule has 1 N–H and O–H groups in total. The molecule has 0 aliphatic carbocycles. The quantitative estimate of drug-likeness (QED) is 0.481. The number of piperazine rings is 1. The van der Waals surface area contributed by atoms with Gasteiger partial charge in [-0.1, -0.05) is 35.5 Å². The normalized spacial score (nSPS) is 14.3. The molecule has 0 saturated carbocycles. The van der Waals surface area contributed by atoms with Crippen LogP contribution < -0.4 is 10.2 Å². The maximum atomic E-state index is 13.3. The third-order valence-corrected chi connectivity index (χ3v) is 6.26. The minimum atomic E-state index is -0.290. The average molecular weight is 484 g/mol. The summed E-state index contributed by atoms with van der Waals surface area (Å²) in [5.41, 5.74) is 3.50. The first-order chi connectivity index (χ1) is 16.5. The largest absolute Gasteiger partial charge is 0.383 e. The molecule has 0 amide bonds. The maximum Gasteiger partial charge on any atom is 0.232 e. The number of aromatic nitrogens is 1. The second-order valence-electron chi connectivity index (χ2n) is 8.32. The van der Waals surface area contributed by atoms with Crippen molar-refractivity contribution in [2.75, 3.05) is 63.7 Å². The van der Waals surface area contributed by atoms with E-state index in [1.165, 1.54) is 12.1 Å². The summed E-state index contributed by atoms with van der Waals surface area (Å²) in [6, 6.07) is 16.2. The summed E-state index contributed by atoms with van der Waals surface area (Å²) in [5, 5.41) is 8.21. The molecule has 0 unspecified atom stereocenters. The van der Waals surface area contributed by atoms with Crippen LogP contribution in [0.1, 0.15) is 5.56 Å². The van der Waals surface area contributed by atoms with E-state index in [-0.39, 0.29) is 5.82 Å². The van der Waals surface area contributed by atoms with E-state index in [1.54, 1.807) is 19.2 Å². The van der Waals surface area contributed by atoms with E-state index in [4.69, 9.17) is 21.5 Å². The number of rotatable bonds is 8. The van der Waals surface area contributed by atoms with E-state index in [1.807, 2.05) is 35.2 Å². The van der Waals surface area contributed by atoms with Gasteiger partial charge in [0.2, 0.25) is 5.88 Å². The number of thiocarbonyl (C=S) groups is 1. The first-order valence-corrected chi connectivity index (χ1v) is 11.7. The Kier molecular flexibility index (Phi) is 8.10. The molecule has 0 spiro atoms. The van der Waals surface area contributed by atoms with Gasteiger partial charge in [0.15, 0.2) is 5.11 Å². The Bertz CT molecular complexity index is 1070. The second kappa shape index (κ2) is 11.4. The Morgan fingerprint density at radius 3 is 2.50 bits per heavy atom.